The van der Waals surface area contributed by atoms with E-state index in [1.807, 2.05) is 0 Å². The van der Waals surface area contributed by atoms with Gasteiger partial charge in [0.2, 0.25) is 0 Å². The predicted molar refractivity (Wildman–Crippen MR) is 26.3 cm³/mol. The maximum absolute atomic E-state index is 5.07. The van der Waals surface area contributed by atoms with Crippen molar-refractivity contribution in [1.29, 1.82) is 0 Å². The van der Waals surface area contributed by atoms with Gasteiger partial charge in [-0.3, -0.25) is 0 Å². The lowest BCUT2D eigenvalue weighted by Gasteiger charge is -1.74. The molecule has 2 radical (unpaired) electrons. The zero-order valence-electron chi connectivity index (χ0n) is 3.59. The first-order valence-corrected chi connectivity index (χ1v) is 1.76. The predicted octanol–water partition coefficient (Wildman–Crippen LogP) is -0.949. The Balaban J connectivity index is 3.04. The van der Waals surface area contributed by atoms with Crippen LogP contribution in [0, 0.1) is 0 Å². The van der Waals surface area contributed by atoms with Crippen LogP contribution >= 0.6 is 0 Å². The van der Waals surface area contributed by atoms with Crippen LogP contribution in [0.1, 0.15) is 0 Å². The van der Waals surface area contributed by atoms with Gasteiger partial charge in [-0.25, -0.2) is 4.98 Å². The molecule has 0 amide bonds. The number of oxazole rings is 1. The molecule has 0 aliphatic heterocycles. The quantitative estimate of drug-likeness (QED) is 0.421. The molecule has 1 rings (SSSR count). The topological polar surface area (TPSA) is 52.0 Å². The molecule has 0 unspecified atom stereocenters. The van der Waals surface area contributed by atoms with Gasteiger partial charge < -0.3 is 10.2 Å². The summed E-state index contributed by atoms with van der Waals surface area (Å²) in [5.41, 5.74) is 5.27. The van der Waals surface area contributed by atoms with Crippen molar-refractivity contribution >= 4 is 19.5 Å². The third kappa shape index (κ3) is 0.736. The van der Waals surface area contributed by atoms with Crippen molar-refractivity contribution in [2.75, 3.05) is 5.73 Å². The van der Waals surface area contributed by atoms with Gasteiger partial charge in [-0.15, -0.1) is 0 Å². The van der Waals surface area contributed by atoms with Crippen LogP contribution < -0.4 is 11.4 Å². The van der Waals surface area contributed by atoms with E-state index in [0.29, 0.717) is 0 Å². The molecule has 1 aromatic rings. The molecule has 1 heterocycles. The van der Waals surface area contributed by atoms with Gasteiger partial charge in [0.05, 0.1) is 11.9 Å². The maximum Gasteiger partial charge on any atom is 0.291 e. The van der Waals surface area contributed by atoms with E-state index in [0.717, 1.165) is 0 Å². The van der Waals surface area contributed by atoms with Crippen LogP contribution in [0.15, 0.2) is 10.6 Å². The molecule has 2 N–H and O–H groups in total. The minimum absolute atomic E-state index is 0.109. The molecule has 1 aromatic heterocycles. The monoisotopic (exact) mass is 94.0 g/mol. The minimum Gasteiger partial charge on any atom is -0.441 e. The van der Waals surface area contributed by atoms with E-state index in [9.17, 15) is 0 Å². The molecule has 0 atom stereocenters. The smallest absolute Gasteiger partial charge is 0.291 e. The number of hydrogen-bond donors (Lipinski definition) is 1. The summed E-state index contributed by atoms with van der Waals surface area (Å²) < 4.78 is 4.53. The molecule has 3 nitrogen and oxygen atoms in total. The highest BCUT2D eigenvalue weighted by atomic mass is 16.4. The molecule has 0 aromatic carbocycles. The molecule has 0 fully saturated rings. The number of aromatic nitrogens is 1. The Kier molecular flexibility index (Phi) is 0.783. The van der Waals surface area contributed by atoms with Crippen molar-refractivity contribution in [2.24, 2.45) is 0 Å². The molecule has 0 aliphatic carbocycles. The molecule has 34 valence electrons. The second-order valence-corrected chi connectivity index (χ2v) is 1.10. The minimum atomic E-state index is 0.109. The van der Waals surface area contributed by atoms with Crippen molar-refractivity contribution in [2.45, 2.75) is 0 Å². The first-order chi connectivity index (χ1) is 3.29. The Morgan fingerprint density at radius 1 is 1.86 bits per heavy atom. The molecular weight excluding hydrogens is 90.9 g/mol. The lowest BCUT2D eigenvalue weighted by Crippen LogP contribution is -1.93. The SMILES string of the molecule is [B]c1cnc(N)o1. The number of hydrogen-bond acceptors (Lipinski definition) is 3. The van der Waals surface area contributed by atoms with Crippen molar-refractivity contribution in [3.05, 3.63) is 6.20 Å². The van der Waals surface area contributed by atoms with Crippen LogP contribution in [0.4, 0.5) is 6.01 Å². The second-order valence-electron chi connectivity index (χ2n) is 1.10. The first kappa shape index (κ1) is 4.24. The van der Waals surface area contributed by atoms with E-state index in [4.69, 9.17) is 13.6 Å². The Bertz CT molecular complexity index is 145. The summed E-state index contributed by atoms with van der Waals surface area (Å²) >= 11 is 0. The van der Waals surface area contributed by atoms with E-state index in [2.05, 4.69) is 9.40 Å². The highest BCUT2D eigenvalue weighted by molar-refractivity contribution is 6.29. The molecule has 0 aliphatic rings. The highest BCUT2D eigenvalue weighted by Gasteiger charge is 1.87. The number of nitrogen functional groups attached to an aromatic ring is 1. The Morgan fingerprint density at radius 2 is 2.57 bits per heavy atom. The molecule has 4 heteroatoms. The molecule has 0 bridgehead atoms. The van der Waals surface area contributed by atoms with Crippen LogP contribution in [0.5, 0.6) is 0 Å². The third-order valence-electron chi connectivity index (χ3n) is 0.541. The van der Waals surface area contributed by atoms with Crippen LogP contribution in [0.25, 0.3) is 0 Å². The summed E-state index contributed by atoms with van der Waals surface area (Å²) in [6, 6.07) is 0.109. The number of rotatable bonds is 0. The molecule has 0 saturated carbocycles. The van der Waals surface area contributed by atoms with Gasteiger partial charge in [-0.1, -0.05) is 0 Å². The summed E-state index contributed by atoms with van der Waals surface area (Å²) in [5.74, 6) is 0. The van der Waals surface area contributed by atoms with Crippen molar-refractivity contribution in [1.82, 2.24) is 4.98 Å². The molecule has 0 spiro atoms. The van der Waals surface area contributed by atoms with Crippen molar-refractivity contribution < 1.29 is 4.42 Å². The summed E-state index contributed by atoms with van der Waals surface area (Å²) in [6.07, 6.45) is 1.36. The number of nitrogens with zero attached hydrogens (tertiary/aromatic N) is 1. The van der Waals surface area contributed by atoms with Gasteiger partial charge in [-0.05, 0) is 0 Å². The van der Waals surface area contributed by atoms with Crippen LogP contribution in [0.2, 0.25) is 0 Å². The summed E-state index contributed by atoms with van der Waals surface area (Å²) in [6.45, 7) is 0. The zero-order chi connectivity index (χ0) is 5.28. The Hall–Kier alpha value is -0.925. The molecule has 0 saturated heterocycles. The average Bonchev–Trinajstić information content (AvgIpc) is 1.87. The van der Waals surface area contributed by atoms with E-state index < -0.39 is 0 Å². The van der Waals surface area contributed by atoms with Gasteiger partial charge in [0.1, 0.15) is 0 Å². The largest absolute Gasteiger partial charge is 0.441 e. The van der Waals surface area contributed by atoms with Crippen LogP contribution in [0.3, 0.4) is 0 Å². The van der Waals surface area contributed by atoms with Gasteiger partial charge in [0.25, 0.3) is 6.01 Å². The molecular formula is C3H3BN2O. The standard InChI is InChI=1S/C3H3BN2O/c4-2-1-6-3(5)7-2/h1H,(H2,5,6). The van der Waals surface area contributed by atoms with E-state index in [-0.39, 0.29) is 11.7 Å². The summed E-state index contributed by atoms with van der Waals surface area (Å²) in [4.78, 5) is 3.50. The van der Waals surface area contributed by atoms with Crippen molar-refractivity contribution in [3.63, 3.8) is 0 Å². The fraction of sp³-hybridized carbons (Fsp3) is 0. The van der Waals surface area contributed by atoms with Crippen LogP contribution in [-0.4, -0.2) is 12.8 Å². The lowest BCUT2D eigenvalue weighted by molar-refractivity contribution is 0.614. The fourth-order valence-electron chi connectivity index (χ4n) is 0.301. The first-order valence-electron chi connectivity index (χ1n) is 1.76. The van der Waals surface area contributed by atoms with Gasteiger partial charge in [-0.2, -0.15) is 0 Å². The normalized spacial score (nSPS) is 9.14. The fourth-order valence-corrected chi connectivity index (χ4v) is 0.301. The zero-order valence-corrected chi connectivity index (χ0v) is 3.59. The second kappa shape index (κ2) is 1.29. The Labute approximate surface area is 41.9 Å². The number of nitrogens with two attached hydrogens (primary N) is 1. The van der Waals surface area contributed by atoms with E-state index >= 15 is 0 Å². The average molecular weight is 93.9 g/mol. The Morgan fingerprint density at radius 3 is 2.71 bits per heavy atom. The molecule has 7 heavy (non-hydrogen) atoms. The van der Waals surface area contributed by atoms with Gasteiger partial charge >= 0.3 is 0 Å². The van der Waals surface area contributed by atoms with E-state index in [1.165, 1.54) is 6.20 Å². The van der Waals surface area contributed by atoms with Crippen molar-refractivity contribution in [3.8, 4) is 0 Å². The highest BCUT2D eigenvalue weighted by Crippen LogP contribution is 1.87. The third-order valence-corrected chi connectivity index (χ3v) is 0.541. The number of anilines is 1. The van der Waals surface area contributed by atoms with Gasteiger partial charge in [0, 0.05) is 0 Å². The summed E-state index contributed by atoms with van der Waals surface area (Å²) in [5, 5.41) is 0. The lowest BCUT2D eigenvalue weighted by atomic mass is 10.1. The van der Waals surface area contributed by atoms with E-state index in [1.54, 1.807) is 0 Å². The van der Waals surface area contributed by atoms with Crippen LogP contribution in [-0.2, 0) is 0 Å². The van der Waals surface area contributed by atoms with Gasteiger partial charge in [0.15, 0.2) is 7.85 Å². The summed E-state index contributed by atoms with van der Waals surface area (Å²) in [7, 11) is 5.07. The maximum atomic E-state index is 5.07.